The lowest BCUT2D eigenvalue weighted by Gasteiger charge is -2.11. The quantitative estimate of drug-likeness (QED) is 0.382. The van der Waals surface area contributed by atoms with Gasteiger partial charge in [0.05, 0.1) is 45.7 Å². The van der Waals surface area contributed by atoms with Gasteiger partial charge in [-0.2, -0.15) is 0 Å². The maximum absolute atomic E-state index is 10.0. The van der Waals surface area contributed by atoms with E-state index in [0.717, 1.165) is 42.6 Å². The van der Waals surface area contributed by atoms with Crippen LogP contribution in [0.25, 0.3) is 0 Å². The highest BCUT2D eigenvalue weighted by atomic mass is 16.6. The fraction of sp³-hybridized carbons (Fsp3) is 0.500. The van der Waals surface area contributed by atoms with Crippen molar-refractivity contribution in [2.75, 3.05) is 20.3 Å². The summed E-state index contributed by atoms with van der Waals surface area (Å²) in [7, 11) is 1.66. The molecule has 5 heteroatoms. The minimum absolute atomic E-state index is 0.215. The van der Waals surface area contributed by atoms with Crippen LogP contribution in [0.4, 0.5) is 0 Å². The highest BCUT2D eigenvalue weighted by Crippen LogP contribution is 2.28. The Morgan fingerprint density at radius 1 is 0.897 bits per heavy atom. The third kappa shape index (κ3) is 8.15. The van der Waals surface area contributed by atoms with Gasteiger partial charge in [-0.3, -0.25) is 0 Å². The van der Waals surface area contributed by atoms with Crippen molar-refractivity contribution >= 4 is 0 Å². The van der Waals surface area contributed by atoms with Crippen molar-refractivity contribution in [3.8, 4) is 5.75 Å². The summed E-state index contributed by atoms with van der Waals surface area (Å²) in [6, 6.07) is 17.9. The molecular weight excluding hydrogens is 368 g/mol. The molecule has 1 fully saturated rings. The molecule has 0 bridgehead atoms. The van der Waals surface area contributed by atoms with E-state index in [-0.39, 0.29) is 6.10 Å². The van der Waals surface area contributed by atoms with Crippen molar-refractivity contribution in [2.24, 2.45) is 0 Å². The highest BCUT2D eigenvalue weighted by molar-refractivity contribution is 5.26. The molecule has 0 aliphatic carbocycles. The van der Waals surface area contributed by atoms with Crippen LogP contribution in [0.1, 0.15) is 36.8 Å². The molecular formula is C24H32O5. The third-order valence-electron chi connectivity index (χ3n) is 5.10. The minimum atomic E-state index is -0.400. The molecule has 158 valence electrons. The topological polar surface area (TPSA) is 60.5 Å². The monoisotopic (exact) mass is 400 g/mol. The van der Waals surface area contributed by atoms with Crippen LogP contribution in [0.15, 0.2) is 54.6 Å². The molecule has 1 N–H and O–H groups in total. The Kier molecular flexibility index (Phi) is 8.96. The summed E-state index contributed by atoms with van der Waals surface area (Å²) >= 11 is 0. The summed E-state index contributed by atoms with van der Waals surface area (Å²) in [5.74, 6) is 0.854. The molecule has 3 rings (SSSR count). The summed E-state index contributed by atoms with van der Waals surface area (Å²) in [5, 5.41) is 10.0. The first kappa shape index (κ1) is 21.8. The molecule has 0 saturated carbocycles. The maximum atomic E-state index is 10.0. The van der Waals surface area contributed by atoms with Crippen molar-refractivity contribution in [3.63, 3.8) is 0 Å². The summed E-state index contributed by atoms with van der Waals surface area (Å²) in [6.45, 7) is 2.15. The van der Waals surface area contributed by atoms with Crippen molar-refractivity contribution in [3.05, 3.63) is 65.7 Å². The summed E-state index contributed by atoms with van der Waals surface area (Å²) in [4.78, 5) is 0. The number of hydrogen-bond acceptors (Lipinski definition) is 5. The van der Waals surface area contributed by atoms with E-state index in [0.29, 0.717) is 32.5 Å². The standard InChI is InChI=1S/C24H32O5/c1-26-22-13-11-20(12-14-22)16-28-18-24-23(29-24)10-6-5-9-21(25)17-27-15-19-7-3-2-4-8-19/h2-4,7-8,11-14,21,23-25H,5-6,9-10,15-18H2,1H3/t21-,23-,24-/m0/s1. The average Bonchev–Trinajstić information content (AvgIpc) is 3.50. The molecule has 0 spiro atoms. The molecule has 0 amide bonds. The fourth-order valence-electron chi connectivity index (χ4n) is 3.29. The lowest BCUT2D eigenvalue weighted by atomic mass is 10.1. The van der Waals surface area contributed by atoms with Crippen molar-refractivity contribution in [1.82, 2.24) is 0 Å². The molecule has 29 heavy (non-hydrogen) atoms. The number of epoxide rings is 1. The molecule has 0 unspecified atom stereocenters. The Labute approximate surface area is 173 Å². The molecule has 3 atom stereocenters. The van der Waals surface area contributed by atoms with E-state index in [2.05, 4.69) is 0 Å². The van der Waals surface area contributed by atoms with Gasteiger partial charge in [-0.25, -0.2) is 0 Å². The van der Waals surface area contributed by atoms with Gasteiger partial charge >= 0.3 is 0 Å². The number of aliphatic hydroxyl groups is 1. The first-order valence-electron chi connectivity index (χ1n) is 10.4. The van der Waals surface area contributed by atoms with Crippen LogP contribution >= 0.6 is 0 Å². The predicted octanol–water partition coefficient (Wildman–Crippen LogP) is 4.12. The van der Waals surface area contributed by atoms with Gasteiger partial charge in [0.15, 0.2) is 0 Å². The molecule has 0 aromatic heterocycles. The third-order valence-corrected chi connectivity index (χ3v) is 5.10. The molecule has 5 nitrogen and oxygen atoms in total. The van der Waals surface area contributed by atoms with Crippen molar-refractivity contribution < 1.29 is 24.1 Å². The van der Waals surface area contributed by atoms with Crippen LogP contribution < -0.4 is 4.74 Å². The van der Waals surface area contributed by atoms with Crippen LogP contribution in [0.3, 0.4) is 0 Å². The SMILES string of the molecule is COc1ccc(COC[C@@H]2O[C@H]2CCCC[C@H](O)COCc2ccccc2)cc1. The predicted molar refractivity (Wildman–Crippen MR) is 112 cm³/mol. The zero-order chi connectivity index (χ0) is 20.3. The number of ether oxygens (including phenoxy) is 4. The van der Waals surface area contributed by atoms with Crippen LogP contribution in [0.2, 0.25) is 0 Å². The fourth-order valence-corrected chi connectivity index (χ4v) is 3.29. The maximum Gasteiger partial charge on any atom is 0.118 e. The Hall–Kier alpha value is -1.92. The normalized spacial score (nSPS) is 19.1. The lowest BCUT2D eigenvalue weighted by molar-refractivity contribution is 0.0233. The number of benzene rings is 2. The van der Waals surface area contributed by atoms with Gasteiger partial charge in [-0.1, -0.05) is 55.3 Å². The van der Waals surface area contributed by atoms with Gasteiger partial charge in [0.2, 0.25) is 0 Å². The number of unbranched alkanes of at least 4 members (excludes halogenated alkanes) is 1. The Morgan fingerprint density at radius 2 is 1.62 bits per heavy atom. The summed E-state index contributed by atoms with van der Waals surface area (Å²) in [5.41, 5.74) is 2.26. The van der Waals surface area contributed by atoms with E-state index in [4.69, 9.17) is 18.9 Å². The molecule has 1 saturated heterocycles. The first-order chi connectivity index (χ1) is 14.2. The van der Waals surface area contributed by atoms with Gasteiger partial charge in [-0.15, -0.1) is 0 Å². The van der Waals surface area contributed by atoms with Crippen LogP contribution in [-0.4, -0.2) is 43.7 Å². The largest absolute Gasteiger partial charge is 0.497 e. The average molecular weight is 401 g/mol. The number of aliphatic hydroxyl groups excluding tert-OH is 1. The van der Waals surface area contributed by atoms with Crippen LogP contribution in [0, 0.1) is 0 Å². The molecule has 2 aromatic rings. The van der Waals surface area contributed by atoms with Crippen LogP contribution in [-0.2, 0) is 27.4 Å². The van der Waals surface area contributed by atoms with Gasteiger partial charge in [0.1, 0.15) is 11.9 Å². The molecule has 1 aliphatic heterocycles. The lowest BCUT2D eigenvalue weighted by Crippen LogP contribution is -2.15. The second-order valence-electron chi connectivity index (χ2n) is 7.52. The van der Waals surface area contributed by atoms with Gasteiger partial charge < -0.3 is 24.1 Å². The molecule has 0 radical (unpaired) electrons. The number of methoxy groups -OCH3 is 1. The van der Waals surface area contributed by atoms with Crippen LogP contribution in [0.5, 0.6) is 5.75 Å². The minimum Gasteiger partial charge on any atom is -0.497 e. The van der Waals surface area contributed by atoms with E-state index in [9.17, 15) is 5.11 Å². The van der Waals surface area contributed by atoms with E-state index in [1.165, 1.54) is 0 Å². The highest BCUT2D eigenvalue weighted by Gasteiger charge is 2.37. The molecule has 2 aromatic carbocycles. The van der Waals surface area contributed by atoms with Gasteiger partial charge in [-0.05, 0) is 36.1 Å². The zero-order valence-corrected chi connectivity index (χ0v) is 17.2. The second kappa shape index (κ2) is 11.9. The summed E-state index contributed by atoms with van der Waals surface area (Å²) in [6.07, 6.45) is 3.94. The Balaban J connectivity index is 1.16. The van der Waals surface area contributed by atoms with E-state index >= 15 is 0 Å². The van der Waals surface area contributed by atoms with Crippen molar-refractivity contribution in [1.29, 1.82) is 0 Å². The van der Waals surface area contributed by atoms with E-state index < -0.39 is 6.10 Å². The van der Waals surface area contributed by atoms with E-state index in [1.807, 2.05) is 54.6 Å². The van der Waals surface area contributed by atoms with E-state index in [1.54, 1.807) is 7.11 Å². The second-order valence-corrected chi connectivity index (χ2v) is 7.52. The smallest absolute Gasteiger partial charge is 0.118 e. The van der Waals surface area contributed by atoms with Gasteiger partial charge in [0.25, 0.3) is 0 Å². The molecule has 1 heterocycles. The first-order valence-corrected chi connectivity index (χ1v) is 10.4. The van der Waals surface area contributed by atoms with Crippen molar-refractivity contribution in [2.45, 2.75) is 57.2 Å². The Bertz CT molecular complexity index is 688. The van der Waals surface area contributed by atoms with Gasteiger partial charge in [0, 0.05) is 0 Å². The number of hydrogen-bond donors (Lipinski definition) is 1. The molecule has 1 aliphatic rings. The Morgan fingerprint density at radius 3 is 2.38 bits per heavy atom. The number of rotatable bonds is 14. The summed E-state index contributed by atoms with van der Waals surface area (Å²) < 4.78 is 22.2. The zero-order valence-electron chi connectivity index (χ0n) is 17.2.